The fraction of sp³-hybridized carbons (Fsp3) is 0.462. The van der Waals surface area contributed by atoms with Gasteiger partial charge in [-0.15, -0.1) is 0 Å². The molecule has 1 saturated heterocycles. The lowest BCUT2D eigenvalue weighted by Crippen LogP contribution is -2.43. The predicted molar refractivity (Wildman–Crippen MR) is 75.0 cm³/mol. The second-order valence-corrected chi connectivity index (χ2v) is 5.80. The summed E-state index contributed by atoms with van der Waals surface area (Å²) in [6.45, 7) is -0.346. The van der Waals surface area contributed by atoms with Crippen LogP contribution >= 0.6 is 11.3 Å². The van der Waals surface area contributed by atoms with Gasteiger partial charge in [-0.1, -0.05) is 0 Å². The molecule has 6 nitrogen and oxygen atoms in total. The second-order valence-electron chi connectivity index (χ2n) is 5.02. The standard InChI is InChI=1S/C13H13F3N4O2S/c14-13(15,16)7-19-8-17-11(18-19)10-5-22-3-2-20(10)12(21)9-1-4-23-6-9/h1,4,6,8,10H,2-3,5,7H2/t10-/m0/s1. The van der Waals surface area contributed by atoms with Crippen LogP contribution in [0, 0.1) is 0 Å². The van der Waals surface area contributed by atoms with Crippen molar-refractivity contribution in [2.75, 3.05) is 19.8 Å². The molecular weight excluding hydrogens is 333 g/mol. The maximum Gasteiger partial charge on any atom is 0.408 e. The molecule has 3 heterocycles. The largest absolute Gasteiger partial charge is 0.408 e. The highest BCUT2D eigenvalue weighted by atomic mass is 32.1. The SMILES string of the molecule is O=C(c1ccsc1)N1CCOC[C@H]1c1ncn(CC(F)(F)F)n1. The molecule has 0 saturated carbocycles. The Morgan fingerprint density at radius 3 is 3.00 bits per heavy atom. The number of alkyl halides is 3. The normalized spacial score (nSPS) is 19.1. The number of ether oxygens (including phenoxy) is 1. The summed E-state index contributed by atoms with van der Waals surface area (Å²) in [4.78, 5) is 18.0. The van der Waals surface area contributed by atoms with Crippen molar-refractivity contribution in [3.8, 4) is 0 Å². The van der Waals surface area contributed by atoms with Crippen molar-refractivity contribution in [2.24, 2.45) is 0 Å². The van der Waals surface area contributed by atoms with Crippen LogP contribution in [0.5, 0.6) is 0 Å². The third-order valence-corrected chi connectivity index (χ3v) is 4.03. The Balaban J connectivity index is 1.80. The van der Waals surface area contributed by atoms with Gasteiger partial charge in [-0.2, -0.15) is 29.6 Å². The summed E-state index contributed by atoms with van der Waals surface area (Å²) in [5.74, 6) is -0.0516. The van der Waals surface area contributed by atoms with Gasteiger partial charge in [0.25, 0.3) is 5.91 Å². The number of halogens is 3. The molecule has 2 aromatic rings. The number of carbonyl (C=O) groups is 1. The van der Waals surface area contributed by atoms with E-state index in [-0.39, 0.29) is 18.3 Å². The Hall–Kier alpha value is -1.94. The number of hydrogen-bond donors (Lipinski definition) is 0. The number of aromatic nitrogens is 3. The molecule has 10 heteroatoms. The lowest BCUT2D eigenvalue weighted by Gasteiger charge is -2.33. The van der Waals surface area contributed by atoms with Gasteiger partial charge in [-0.05, 0) is 11.4 Å². The Bertz CT molecular complexity index is 671. The first-order valence-corrected chi connectivity index (χ1v) is 7.75. The summed E-state index contributed by atoms with van der Waals surface area (Å²) in [5.41, 5.74) is 0.539. The van der Waals surface area contributed by atoms with E-state index in [0.717, 1.165) is 11.0 Å². The quantitative estimate of drug-likeness (QED) is 0.854. The van der Waals surface area contributed by atoms with Crippen LogP contribution in [0.15, 0.2) is 23.2 Å². The molecule has 0 bridgehead atoms. The van der Waals surface area contributed by atoms with Crippen LogP contribution in [-0.2, 0) is 11.3 Å². The van der Waals surface area contributed by atoms with E-state index in [0.29, 0.717) is 18.7 Å². The summed E-state index contributed by atoms with van der Waals surface area (Å²) in [6.07, 6.45) is -3.36. The number of carbonyl (C=O) groups excluding carboxylic acids is 1. The average Bonchev–Trinajstić information content (AvgIpc) is 3.16. The molecule has 0 unspecified atom stereocenters. The number of morpholine rings is 1. The summed E-state index contributed by atoms with van der Waals surface area (Å²) < 4.78 is 43.3. The molecule has 0 spiro atoms. The van der Waals surface area contributed by atoms with Crippen molar-refractivity contribution < 1.29 is 22.7 Å². The maximum atomic E-state index is 12.5. The molecule has 3 rings (SSSR count). The van der Waals surface area contributed by atoms with E-state index in [4.69, 9.17) is 4.74 Å². The van der Waals surface area contributed by atoms with E-state index < -0.39 is 18.8 Å². The van der Waals surface area contributed by atoms with Crippen molar-refractivity contribution in [1.82, 2.24) is 19.7 Å². The van der Waals surface area contributed by atoms with Crippen LogP contribution in [0.2, 0.25) is 0 Å². The minimum atomic E-state index is -4.37. The van der Waals surface area contributed by atoms with E-state index in [1.807, 2.05) is 0 Å². The Morgan fingerprint density at radius 2 is 2.30 bits per heavy atom. The Labute approximate surface area is 133 Å². The summed E-state index contributed by atoms with van der Waals surface area (Å²) >= 11 is 1.40. The van der Waals surface area contributed by atoms with Gasteiger partial charge in [0.1, 0.15) is 18.9 Å². The molecule has 1 aliphatic rings. The summed E-state index contributed by atoms with van der Waals surface area (Å²) in [6, 6.07) is 1.11. The van der Waals surface area contributed by atoms with Crippen molar-refractivity contribution in [1.29, 1.82) is 0 Å². The molecule has 1 fully saturated rings. The number of rotatable bonds is 3. The topological polar surface area (TPSA) is 60.3 Å². The van der Waals surface area contributed by atoms with Crippen molar-refractivity contribution >= 4 is 17.2 Å². The second kappa shape index (κ2) is 6.28. The highest BCUT2D eigenvalue weighted by Gasteiger charge is 2.33. The lowest BCUT2D eigenvalue weighted by atomic mass is 10.2. The van der Waals surface area contributed by atoms with Crippen LogP contribution in [0.25, 0.3) is 0 Å². The first-order chi connectivity index (χ1) is 10.9. The molecule has 1 atom stereocenters. The molecule has 0 radical (unpaired) electrons. The Kier molecular flexibility index (Phi) is 4.35. The summed E-state index contributed by atoms with van der Waals surface area (Å²) in [5, 5.41) is 7.36. The molecule has 1 amide bonds. The van der Waals surface area contributed by atoms with Crippen LogP contribution in [-0.4, -0.2) is 51.5 Å². The van der Waals surface area contributed by atoms with Crippen molar-refractivity contribution in [2.45, 2.75) is 18.8 Å². The highest BCUT2D eigenvalue weighted by molar-refractivity contribution is 7.08. The van der Waals surface area contributed by atoms with Crippen LogP contribution in [0.1, 0.15) is 22.2 Å². The van der Waals surface area contributed by atoms with Crippen LogP contribution in [0.4, 0.5) is 13.2 Å². The van der Waals surface area contributed by atoms with E-state index in [1.54, 1.807) is 21.7 Å². The Morgan fingerprint density at radius 1 is 1.48 bits per heavy atom. The van der Waals surface area contributed by atoms with Gasteiger partial charge >= 0.3 is 6.18 Å². The van der Waals surface area contributed by atoms with E-state index >= 15 is 0 Å². The molecule has 2 aromatic heterocycles. The molecule has 0 aromatic carbocycles. The average molecular weight is 346 g/mol. The predicted octanol–water partition coefficient (Wildman–Crippen LogP) is 2.12. The minimum Gasteiger partial charge on any atom is -0.377 e. The van der Waals surface area contributed by atoms with Gasteiger partial charge < -0.3 is 9.64 Å². The number of amides is 1. The lowest BCUT2D eigenvalue weighted by molar-refractivity contribution is -0.142. The third kappa shape index (κ3) is 3.70. The highest BCUT2D eigenvalue weighted by Crippen LogP contribution is 2.25. The van der Waals surface area contributed by atoms with Crippen molar-refractivity contribution in [3.63, 3.8) is 0 Å². The van der Waals surface area contributed by atoms with E-state index in [2.05, 4.69) is 10.1 Å². The molecule has 23 heavy (non-hydrogen) atoms. The zero-order valence-corrected chi connectivity index (χ0v) is 12.7. The van der Waals surface area contributed by atoms with Crippen LogP contribution in [0.3, 0.4) is 0 Å². The molecule has 124 valence electrons. The van der Waals surface area contributed by atoms with Gasteiger partial charge in [0.2, 0.25) is 0 Å². The fourth-order valence-electron chi connectivity index (χ4n) is 2.33. The van der Waals surface area contributed by atoms with Crippen molar-refractivity contribution in [3.05, 3.63) is 34.5 Å². The number of thiophene rings is 1. The third-order valence-electron chi connectivity index (χ3n) is 3.35. The zero-order chi connectivity index (χ0) is 16.4. The fourth-order valence-corrected chi connectivity index (χ4v) is 2.96. The maximum absolute atomic E-state index is 12.5. The van der Waals surface area contributed by atoms with Gasteiger partial charge in [0, 0.05) is 11.9 Å². The molecular formula is C13H13F3N4O2S. The van der Waals surface area contributed by atoms with Gasteiger partial charge in [-0.3, -0.25) is 4.79 Å². The smallest absolute Gasteiger partial charge is 0.377 e. The van der Waals surface area contributed by atoms with Crippen LogP contribution < -0.4 is 0 Å². The van der Waals surface area contributed by atoms with Gasteiger partial charge in [0.05, 0.1) is 18.8 Å². The first-order valence-electron chi connectivity index (χ1n) is 6.81. The monoisotopic (exact) mass is 346 g/mol. The van der Waals surface area contributed by atoms with Gasteiger partial charge in [-0.25, -0.2) is 9.67 Å². The minimum absolute atomic E-state index is 0.150. The number of nitrogens with zero attached hydrogens (tertiary/aromatic N) is 4. The van der Waals surface area contributed by atoms with E-state index in [9.17, 15) is 18.0 Å². The number of hydrogen-bond acceptors (Lipinski definition) is 5. The first kappa shape index (κ1) is 15.9. The van der Waals surface area contributed by atoms with E-state index in [1.165, 1.54) is 11.3 Å². The molecule has 0 N–H and O–H groups in total. The zero-order valence-electron chi connectivity index (χ0n) is 11.9. The molecule has 1 aliphatic heterocycles. The summed E-state index contributed by atoms with van der Waals surface area (Å²) in [7, 11) is 0. The van der Waals surface area contributed by atoms with Gasteiger partial charge in [0.15, 0.2) is 5.82 Å². The molecule has 0 aliphatic carbocycles.